The van der Waals surface area contributed by atoms with E-state index in [0.29, 0.717) is 12.1 Å². The average Bonchev–Trinajstić information content (AvgIpc) is 2.29. The Balaban J connectivity index is 2.61. The minimum absolute atomic E-state index is 0.0105. The van der Waals surface area contributed by atoms with E-state index in [1.807, 2.05) is 0 Å². The third-order valence-corrected chi connectivity index (χ3v) is 2.43. The third kappa shape index (κ3) is 4.26. The summed E-state index contributed by atoms with van der Waals surface area (Å²) in [7, 11) is 0. The van der Waals surface area contributed by atoms with Crippen LogP contribution in [-0.4, -0.2) is 11.9 Å². The number of hydrogen-bond donors (Lipinski definition) is 1. The largest absolute Gasteiger partial charge is 0.545 e. The molecule has 4 nitrogen and oxygen atoms in total. The quantitative estimate of drug-likeness (QED) is 0.759. The van der Waals surface area contributed by atoms with Crippen molar-refractivity contribution in [3.05, 3.63) is 29.8 Å². The zero-order valence-corrected chi connectivity index (χ0v) is 9.86. The molecular weight excluding hydrogens is 218 g/mol. The van der Waals surface area contributed by atoms with Gasteiger partial charge in [0.1, 0.15) is 0 Å². The molecule has 1 aromatic carbocycles. The molecule has 17 heavy (non-hydrogen) atoms. The van der Waals surface area contributed by atoms with Crippen molar-refractivity contribution in [1.29, 1.82) is 0 Å². The number of para-hydroxylation sites is 1. The number of unbranched alkanes of at least 4 members (excludes halogenated alkanes) is 2. The first-order valence-electron chi connectivity index (χ1n) is 5.75. The summed E-state index contributed by atoms with van der Waals surface area (Å²) in [6, 6.07) is 6.24. The van der Waals surface area contributed by atoms with E-state index >= 15 is 0 Å². The van der Waals surface area contributed by atoms with Crippen LogP contribution < -0.4 is 10.4 Å². The smallest absolute Gasteiger partial charge is 0.224 e. The van der Waals surface area contributed by atoms with Crippen LogP contribution in [-0.2, 0) is 4.79 Å². The first-order chi connectivity index (χ1) is 8.15. The molecule has 0 unspecified atom stereocenters. The van der Waals surface area contributed by atoms with Crippen molar-refractivity contribution in [2.75, 3.05) is 5.32 Å². The summed E-state index contributed by atoms with van der Waals surface area (Å²) in [6.07, 6.45) is 3.27. The van der Waals surface area contributed by atoms with Crippen LogP contribution in [0, 0.1) is 0 Å². The maximum atomic E-state index is 11.5. The maximum absolute atomic E-state index is 11.5. The van der Waals surface area contributed by atoms with Crippen molar-refractivity contribution in [1.82, 2.24) is 0 Å². The predicted molar refractivity (Wildman–Crippen MR) is 63.5 cm³/mol. The number of benzene rings is 1. The fourth-order valence-corrected chi connectivity index (χ4v) is 1.52. The molecule has 0 radical (unpaired) electrons. The highest BCUT2D eigenvalue weighted by molar-refractivity contribution is 5.99. The molecule has 0 aliphatic carbocycles. The molecule has 92 valence electrons. The molecule has 0 aliphatic heterocycles. The third-order valence-electron chi connectivity index (χ3n) is 2.43. The highest BCUT2D eigenvalue weighted by Gasteiger charge is 2.06. The molecule has 1 aromatic rings. The Bertz CT molecular complexity index is 401. The van der Waals surface area contributed by atoms with Gasteiger partial charge in [0.15, 0.2) is 0 Å². The van der Waals surface area contributed by atoms with E-state index < -0.39 is 5.97 Å². The molecule has 0 heterocycles. The summed E-state index contributed by atoms with van der Waals surface area (Å²) in [5.74, 6) is -1.44. The summed E-state index contributed by atoms with van der Waals surface area (Å²) < 4.78 is 0. The summed E-state index contributed by atoms with van der Waals surface area (Å²) in [5, 5.41) is 13.4. The zero-order chi connectivity index (χ0) is 12.7. The summed E-state index contributed by atoms with van der Waals surface area (Å²) >= 11 is 0. The van der Waals surface area contributed by atoms with E-state index in [0.717, 1.165) is 19.3 Å². The van der Waals surface area contributed by atoms with Crippen molar-refractivity contribution < 1.29 is 14.7 Å². The minimum atomic E-state index is -1.28. The molecule has 1 rings (SSSR count). The SMILES string of the molecule is CCCCCC(=O)Nc1ccccc1C(=O)[O-]. The number of carbonyl (C=O) groups is 2. The van der Waals surface area contributed by atoms with Gasteiger partial charge in [-0.2, -0.15) is 0 Å². The van der Waals surface area contributed by atoms with Gasteiger partial charge in [0.2, 0.25) is 5.91 Å². The Labute approximate surface area is 101 Å². The van der Waals surface area contributed by atoms with Crippen molar-refractivity contribution in [3.8, 4) is 0 Å². The van der Waals surface area contributed by atoms with Crippen LogP contribution in [0.5, 0.6) is 0 Å². The van der Waals surface area contributed by atoms with Crippen LogP contribution in [0.3, 0.4) is 0 Å². The number of amides is 1. The molecule has 4 heteroatoms. The van der Waals surface area contributed by atoms with Gasteiger partial charge >= 0.3 is 0 Å². The molecule has 1 amide bonds. The Morgan fingerprint density at radius 2 is 1.94 bits per heavy atom. The minimum Gasteiger partial charge on any atom is -0.545 e. The van der Waals surface area contributed by atoms with Gasteiger partial charge in [-0.05, 0) is 12.5 Å². The fraction of sp³-hybridized carbons (Fsp3) is 0.385. The predicted octanol–water partition coefficient (Wildman–Crippen LogP) is 1.57. The van der Waals surface area contributed by atoms with Crippen molar-refractivity contribution >= 4 is 17.6 Å². The lowest BCUT2D eigenvalue weighted by molar-refractivity contribution is -0.254. The van der Waals surface area contributed by atoms with E-state index in [9.17, 15) is 14.7 Å². The number of aromatic carboxylic acids is 1. The van der Waals surface area contributed by atoms with Crippen molar-refractivity contribution in [3.63, 3.8) is 0 Å². The molecule has 0 spiro atoms. The second kappa shape index (κ2) is 6.68. The number of carboxylic acids is 1. The lowest BCUT2D eigenvalue weighted by atomic mass is 10.1. The Morgan fingerprint density at radius 1 is 1.24 bits per heavy atom. The molecule has 0 aromatic heterocycles. The first kappa shape index (κ1) is 13.2. The zero-order valence-electron chi connectivity index (χ0n) is 9.86. The monoisotopic (exact) mass is 234 g/mol. The van der Waals surface area contributed by atoms with Crippen LogP contribution in [0.15, 0.2) is 24.3 Å². The van der Waals surface area contributed by atoms with Crippen LogP contribution in [0.1, 0.15) is 43.0 Å². The summed E-state index contributed by atoms with van der Waals surface area (Å²) in [5.41, 5.74) is 0.310. The van der Waals surface area contributed by atoms with Gasteiger partial charge in [0.25, 0.3) is 0 Å². The van der Waals surface area contributed by atoms with E-state index in [1.165, 1.54) is 6.07 Å². The van der Waals surface area contributed by atoms with Gasteiger partial charge in [-0.25, -0.2) is 0 Å². The number of nitrogens with one attached hydrogen (secondary N) is 1. The molecular formula is C13H16NO3-. The molecule has 0 fully saturated rings. The standard InChI is InChI=1S/C13H17NO3/c1-2-3-4-9-12(15)14-11-8-6-5-7-10(11)13(16)17/h5-8H,2-4,9H2,1H3,(H,14,15)(H,16,17)/p-1. The number of hydrogen-bond acceptors (Lipinski definition) is 3. The van der Waals surface area contributed by atoms with E-state index in [1.54, 1.807) is 18.2 Å². The number of rotatable bonds is 6. The normalized spacial score (nSPS) is 9.94. The lowest BCUT2D eigenvalue weighted by Crippen LogP contribution is -2.24. The van der Waals surface area contributed by atoms with E-state index in [4.69, 9.17) is 0 Å². The van der Waals surface area contributed by atoms with Gasteiger partial charge in [-0.1, -0.05) is 38.0 Å². The Morgan fingerprint density at radius 3 is 2.59 bits per heavy atom. The topological polar surface area (TPSA) is 69.2 Å². The van der Waals surface area contributed by atoms with Crippen LogP contribution in [0.4, 0.5) is 5.69 Å². The van der Waals surface area contributed by atoms with Crippen LogP contribution >= 0.6 is 0 Å². The molecule has 0 saturated carbocycles. The first-order valence-corrected chi connectivity index (χ1v) is 5.75. The average molecular weight is 234 g/mol. The van der Waals surface area contributed by atoms with Crippen molar-refractivity contribution in [2.45, 2.75) is 32.6 Å². The molecule has 0 atom stereocenters. The van der Waals surface area contributed by atoms with Gasteiger partial charge in [0.05, 0.1) is 5.97 Å². The van der Waals surface area contributed by atoms with Crippen LogP contribution in [0.25, 0.3) is 0 Å². The number of anilines is 1. The Kier molecular flexibility index (Phi) is 5.20. The summed E-state index contributed by atoms with van der Waals surface area (Å²) in [6.45, 7) is 2.06. The lowest BCUT2D eigenvalue weighted by Gasteiger charge is -2.11. The second-order valence-corrected chi connectivity index (χ2v) is 3.84. The highest BCUT2D eigenvalue weighted by atomic mass is 16.4. The number of carboxylic acid groups (broad SMARTS) is 1. The second-order valence-electron chi connectivity index (χ2n) is 3.84. The highest BCUT2D eigenvalue weighted by Crippen LogP contribution is 2.14. The molecule has 0 aliphatic rings. The Hall–Kier alpha value is -1.84. The molecule has 0 saturated heterocycles. The van der Waals surface area contributed by atoms with E-state index in [2.05, 4.69) is 12.2 Å². The molecule has 1 N–H and O–H groups in total. The maximum Gasteiger partial charge on any atom is 0.224 e. The van der Waals surface area contributed by atoms with Gasteiger partial charge in [-0.15, -0.1) is 0 Å². The summed E-state index contributed by atoms with van der Waals surface area (Å²) in [4.78, 5) is 22.3. The molecule has 0 bridgehead atoms. The van der Waals surface area contributed by atoms with Crippen molar-refractivity contribution in [2.24, 2.45) is 0 Å². The fourth-order valence-electron chi connectivity index (χ4n) is 1.52. The van der Waals surface area contributed by atoms with E-state index in [-0.39, 0.29) is 11.5 Å². The van der Waals surface area contributed by atoms with Gasteiger partial charge in [-0.3, -0.25) is 4.79 Å². The van der Waals surface area contributed by atoms with Gasteiger partial charge in [0, 0.05) is 17.7 Å². The van der Waals surface area contributed by atoms with Crippen LogP contribution in [0.2, 0.25) is 0 Å². The number of carbonyl (C=O) groups excluding carboxylic acids is 2. The van der Waals surface area contributed by atoms with Gasteiger partial charge < -0.3 is 15.2 Å².